The van der Waals surface area contributed by atoms with Crippen molar-refractivity contribution in [3.05, 3.63) is 69.8 Å². The van der Waals surface area contributed by atoms with Crippen molar-refractivity contribution in [3.63, 3.8) is 0 Å². The zero-order valence-electron chi connectivity index (χ0n) is 16.4. The number of pyridine rings is 2. The summed E-state index contributed by atoms with van der Waals surface area (Å²) in [6.07, 6.45) is 0. The summed E-state index contributed by atoms with van der Waals surface area (Å²) in [4.78, 5) is 31.2. The number of hydrogen-bond acceptors (Lipinski definition) is 5. The van der Waals surface area contributed by atoms with E-state index in [0.29, 0.717) is 32.8 Å². The molecule has 4 rings (SSSR count). The third kappa shape index (κ3) is 3.44. The highest BCUT2D eigenvalue weighted by atomic mass is 35.5. The highest BCUT2D eigenvalue weighted by Crippen LogP contribution is 2.34. The van der Waals surface area contributed by atoms with E-state index in [4.69, 9.17) is 11.6 Å². The van der Waals surface area contributed by atoms with Gasteiger partial charge in [0.2, 0.25) is 0 Å². The zero-order chi connectivity index (χ0) is 21.4. The highest BCUT2D eigenvalue weighted by Gasteiger charge is 2.20. The van der Waals surface area contributed by atoms with Gasteiger partial charge in [-0.2, -0.15) is 0 Å². The molecule has 2 aromatic heterocycles. The number of hydrogen-bond donors (Lipinski definition) is 2. The summed E-state index contributed by atoms with van der Waals surface area (Å²) >= 11 is 6.41. The standard InChI is InChI=1S/C22H19ClN4O3/c1-26(2)20-16(23)10-8-14-19(20)27(12-18(28)29)22-15(21(14)30)9-11-17(25-22)24-13-6-4-3-5-7-13/h3-11H,12H2,1-2H3,(H,24,25)(H,28,29). The Morgan fingerprint density at radius 3 is 2.47 bits per heavy atom. The molecule has 0 fully saturated rings. The van der Waals surface area contributed by atoms with E-state index in [-0.39, 0.29) is 17.6 Å². The Balaban J connectivity index is 2.07. The predicted octanol–water partition coefficient (Wildman–Crippen LogP) is 4.10. The smallest absolute Gasteiger partial charge is 0.323 e. The Morgan fingerprint density at radius 2 is 1.80 bits per heavy atom. The van der Waals surface area contributed by atoms with E-state index in [2.05, 4.69) is 10.3 Å². The number of halogens is 1. The van der Waals surface area contributed by atoms with Crippen molar-refractivity contribution >= 4 is 56.7 Å². The molecular weight excluding hydrogens is 404 g/mol. The van der Waals surface area contributed by atoms with Crippen molar-refractivity contribution in [2.45, 2.75) is 6.54 Å². The number of carbonyl (C=O) groups is 1. The van der Waals surface area contributed by atoms with Crippen LogP contribution in [0, 0.1) is 0 Å². The summed E-state index contributed by atoms with van der Waals surface area (Å²) in [5.74, 6) is -0.547. The molecule has 0 aliphatic heterocycles. The summed E-state index contributed by atoms with van der Waals surface area (Å²) in [6, 6.07) is 16.1. The van der Waals surface area contributed by atoms with Crippen LogP contribution in [-0.4, -0.2) is 34.7 Å². The largest absolute Gasteiger partial charge is 0.480 e. The van der Waals surface area contributed by atoms with Gasteiger partial charge in [0.1, 0.15) is 18.0 Å². The number of nitrogens with zero attached hydrogens (tertiary/aromatic N) is 3. The molecule has 8 heteroatoms. The third-order valence-corrected chi connectivity index (χ3v) is 5.08. The third-order valence-electron chi connectivity index (χ3n) is 4.78. The van der Waals surface area contributed by atoms with Crippen molar-refractivity contribution < 1.29 is 9.90 Å². The number of benzene rings is 2. The molecule has 7 nitrogen and oxygen atoms in total. The Kier molecular flexibility index (Phi) is 5.05. The van der Waals surface area contributed by atoms with Gasteiger partial charge in [0, 0.05) is 25.2 Å². The summed E-state index contributed by atoms with van der Waals surface area (Å²) in [5.41, 5.74) is 1.89. The fourth-order valence-corrected chi connectivity index (χ4v) is 3.87. The van der Waals surface area contributed by atoms with E-state index in [9.17, 15) is 14.7 Å². The lowest BCUT2D eigenvalue weighted by atomic mass is 10.1. The van der Waals surface area contributed by atoms with Gasteiger partial charge in [-0.25, -0.2) is 4.98 Å². The van der Waals surface area contributed by atoms with Crippen LogP contribution in [0.15, 0.2) is 59.4 Å². The normalized spacial score (nSPS) is 11.0. The molecule has 0 amide bonds. The molecule has 0 saturated carbocycles. The van der Waals surface area contributed by atoms with Crippen LogP contribution in [0.3, 0.4) is 0 Å². The molecular formula is C22H19ClN4O3. The van der Waals surface area contributed by atoms with Gasteiger partial charge in [-0.05, 0) is 36.4 Å². The van der Waals surface area contributed by atoms with Crippen LogP contribution in [0.5, 0.6) is 0 Å². The molecule has 0 aliphatic carbocycles. The topological polar surface area (TPSA) is 87.5 Å². The minimum Gasteiger partial charge on any atom is -0.480 e. The molecule has 152 valence electrons. The monoisotopic (exact) mass is 422 g/mol. The molecule has 4 aromatic rings. The van der Waals surface area contributed by atoms with Gasteiger partial charge < -0.3 is 19.9 Å². The minimum atomic E-state index is -1.05. The van der Waals surface area contributed by atoms with E-state index >= 15 is 0 Å². The maximum Gasteiger partial charge on any atom is 0.323 e. The molecule has 0 unspecified atom stereocenters. The van der Waals surface area contributed by atoms with E-state index < -0.39 is 5.97 Å². The quantitative estimate of drug-likeness (QED) is 0.471. The lowest BCUT2D eigenvalue weighted by Gasteiger charge is -2.21. The Bertz CT molecular complexity index is 1330. The number of aromatic nitrogens is 2. The Morgan fingerprint density at radius 1 is 1.10 bits per heavy atom. The van der Waals surface area contributed by atoms with E-state index in [1.54, 1.807) is 43.3 Å². The number of para-hydroxylation sites is 1. The van der Waals surface area contributed by atoms with Gasteiger partial charge in [0.15, 0.2) is 5.43 Å². The molecule has 0 atom stereocenters. The minimum absolute atomic E-state index is 0.222. The fraction of sp³-hybridized carbons (Fsp3) is 0.136. The van der Waals surface area contributed by atoms with Crippen LogP contribution in [0.4, 0.5) is 17.2 Å². The van der Waals surface area contributed by atoms with Crippen LogP contribution < -0.4 is 15.6 Å². The first-order valence-corrected chi connectivity index (χ1v) is 9.61. The zero-order valence-corrected chi connectivity index (χ0v) is 17.1. The van der Waals surface area contributed by atoms with Crippen molar-refractivity contribution in [2.24, 2.45) is 0 Å². The molecule has 30 heavy (non-hydrogen) atoms. The second kappa shape index (κ2) is 7.68. The van der Waals surface area contributed by atoms with Crippen LogP contribution in [0.2, 0.25) is 5.02 Å². The second-order valence-electron chi connectivity index (χ2n) is 7.05. The van der Waals surface area contributed by atoms with Gasteiger partial charge in [-0.1, -0.05) is 29.8 Å². The SMILES string of the molecule is CN(C)c1c(Cl)ccc2c(=O)c3ccc(Nc4ccccc4)nc3n(CC(=O)O)c12. The van der Waals surface area contributed by atoms with Crippen LogP contribution in [0.25, 0.3) is 21.9 Å². The number of nitrogens with one attached hydrogen (secondary N) is 1. The number of carboxylic acid groups (broad SMARTS) is 1. The van der Waals surface area contributed by atoms with E-state index in [0.717, 1.165) is 5.69 Å². The lowest BCUT2D eigenvalue weighted by molar-refractivity contribution is -0.137. The van der Waals surface area contributed by atoms with Crippen LogP contribution >= 0.6 is 11.6 Å². The van der Waals surface area contributed by atoms with Crippen molar-refractivity contribution in [3.8, 4) is 0 Å². The van der Waals surface area contributed by atoms with Crippen molar-refractivity contribution in [1.82, 2.24) is 9.55 Å². The van der Waals surface area contributed by atoms with Gasteiger partial charge in [-0.15, -0.1) is 0 Å². The molecule has 0 radical (unpaired) electrons. The molecule has 0 spiro atoms. The molecule has 0 bridgehead atoms. The first-order chi connectivity index (χ1) is 14.4. The van der Waals surface area contributed by atoms with E-state index in [1.807, 2.05) is 30.3 Å². The summed E-state index contributed by atoms with van der Waals surface area (Å²) in [5, 5.41) is 13.9. The molecule has 2 aromatic carbocycles. The Labute approximate surface area is 177 Å². The van der Waals surface area contributed by atoms with E-state index in [1.165, 1.54) is 4.57 Å². The van der Waals surface area contributed by atoms with Gasteiger partial charge >= 0.3 is 5.97 Å². The average molecular weight is 423 g/mol. The highest BCUT2D eigenvalue weighted by molar-refractivity contribution is 6.35. The average Bonchev–Trinajstić information content (AvgIpc) is 2.71. The summed E-state index contributed by atoms with van der Waals surface area (Å²) in [7, 11) is 3.59. The summed E-state index contributed by atoms with van der Waals surface area (Å²) in [6.45, 7) is -0.365. The number of aliphatic carboxylic acids is 1. The first-order valence-electron chi connectivity index (χ1n) is 9.24. The Hall–Kier alpha value is -3.58. The number of fused-ring (bicyclic) bond motifs is 2. The maximum atomic E-state index is 13.2. The van der Waals surface area contributed by atoms with Crippen LogP contribution in [0.1, 0.15) is 0 Å². The first kappa shape index (κ1) is 19.7. The lowest BCUT2D eigenvalue weighted by Crippen LogP contribution is -2.20. The van der Waals surface area contributed by atoms with Gasteiger partial charge in [-0.3, -0.25) is 9.59 Å². The number of rotatable bonds is 5. The molecule has 2 heterocycles. The number of carboxylic acids is 1. The maximum absolute atomic E-state index is 13.2. The van der Waals surface area contributed by atoms with Crippen molar-refractivity contribution in [2.75, 3.05) is 24.3 Å². The fourth-order valence-electron chi connectivity index (χ4n) is 3.55. The second-order valence-corrected chi connectivity index (χ2v) is 7.46. The molecule has 0 aliphatic rings. The predicted molar refractivity (Wildman–Crippen MR) is 120 cm³/mol. The molecule has 0 saturated heterocycles. The summed E-state index contributed by atoms with van der Waals surface area (Å²) < 4.78 is 1.53. The van der Waals surface area contributed by atoms with Gasteiger partial charge in [0.25, 0.3) is 0 Å². The van der Waals surface area contributed by atoms with Crippen LogP contribution in [-0.2, 0) is 11.3 Å². The van der Waals surface area contributed by atoms with Crippen molar-refractivity contribution in [1.29, 1.82) is 0 Å². The van der Waals surface area contributed by atoms with Gasteiger partial charge in [0.05, 0.1) is 21.6 Å². The molecule has 2 N–H and O–H groups in total. The number of anilines is 3.